The van der Waals surface area contributed by atoms with Crippen molar-refractivity contribution in [2.24, 2.45) is 10.1 Å². The number of nitrogens with zero attached hydrogens (tertiary/aromatic N) is 2. The number of carbonyl (C=O) groups is 2. The molecule has 1 atom stereocenters. The van der Waals surface area contributed by atoms with E-state index >= 15 is 0 Å². The molecule has 1 unspecified atom stereocenters. The van der Waals surface area contributed by atoms with Crippen molar-refractivity contribution in [3.63, 3.8) is 0 Å². The van der Waals surface area contributed by atoms with Crippen molar-refractivity contribution in [1.82, 2.24) is 5.32 Å². The van der Waals surface area contributed by atoms with Crippen LogP contribution in [-0.4, -0.2) is 41.6 Å². The number of oxime groups is 1. The highest BCUT2D eigenvalue weighted by atomic mass is 19.1. The molecular weight excluding hydrogens is 413 g/mol. The summed E-state index contributed by atoms with van der Waals surface area (Å²) in [6, 6.07) is 5.29. The molecule has 0 saturated carbocycles. The Hall–Kier alpha value is -3.29. The number of amides is 1. The van der Waals surface area contributed by atoms with E-state index in [1.165, 1.54) is 12.2 Å². The van der Waals surface area contributed by atoms with Crippen molar-refractivity contribution < 1.29 is 23.9 Å². The summed E-state index contributed by atoms with van der Waals surface area (Å²) in [6.07, 6.45) is 9.27. The van der Waals surface area contributed by atoms with Gasteiger partial charge in [-0.15, -0.1) is 0 Å². The summed E-state index contributed by atoms with van der Waals surface area (Å²) in [4.78, 5) is 33.0. The van der Waals surface area contributed by atoms with Crippen LogP contribution in [0.5, 0.6) is 0 Å². The normalized spacial score (nSPS) is 16.4. The Bertz CT molecular complexity index is 922. The van der Waals surface area contributed by atoms with Crippen LogP contribution in [0, 0.1) is 0 Å². The number of aliphatic carboxylic acids is 1. The number of rotatable bonds is 12. The zero-order valence-corrected chi connectivity index (χ0v) is 18.5. The highest BCUT2D eigenvalue weighted by molar-refractivity contribution is 6.05. The molecule has 2 N–H and O–H groups in total. The molecular formula is C24H30FN3O4. The number of halogens is 1. The van der Waals surface area contributed by atoms with Crippen molar-refractivity contribution in [2.45, 2.75) is 58.5 Å². The molecule has 1 aromatic carbocycles. The van der Waals surface area contributed by atoms with E-state index < -0.39 is 5.97 Å². The Morgan fingerprint density at radius 2 is 2.19 bits per heavy atom. The van der Waals surface area contributed by atoms with Gasteiger partial charge in [-0.05, 0) is 56.9 Å². The van der Waals surface area contributed by atoms with Gasteiger partial charge >= 0.3 is 5.97 Å². The number of benzene rings is 1. The number of hydrogen-bond acceptors (Lipinski definition) is 5. The standard InChI is InChI=1S/C24H30FN3O4/c1-3-8-19(25)9-7-14-27-24(31)20-12-11-18(21-15-17(2)32-28-21)16-22(20)26-13-6-4-5-10-23(29)30/h7-9,11-13,16-17H,3-6,10,14-15H2,1-2H3,(H,27,31)(H,29,30)/b9-7-,19-8+,26-13+. The summed E-state index contributed by atoms with van der Waals surface area (Å²) >= 11 is 0. The number of carboxylic acid groups (broad SMARTS) is 1. The van der Waals surface area contributed by atoms with E-state index in [4.69, 9.17) is 9.94 Å². The van der Waals surface area contributed by atoms with Crippen molar-refractivity contribution in [1.29, 1.82) is 0 Å². The van der Waals surface area contributed by atoms with Crippen molar-refractivity contribution >= 4 is 29.5 Å². The predicted molar refractivity (Wildman–Crippen MR) is 123 cm³/mol. The lowest BCUT2D eigenvalue weighted by atomic mass is 10.0. The molecule has 7 nitrogen and oxygen atoms in total. The van der Waals surface area contributed by atoms with E-state index in [1.54, 1.807) is 30.5 Å². The topological polar surface area (TPSA) is 100 Å². The van der Waals surface area contributed by atoms with Crippen LogP contribution in [-0.2, 0) is 9.63 Å². The average molecular weight is 444 g/mol. The van der Waals surface area contributed by atoms with E-state index in [0.717, 1.165) is 11.3 Å². The Morgan fingerprint density at radius 3 is 2.88 bits per heavy atom. The lowest BCUT2D eigenvalue weighted by Crippen LogP contribution is -2.23. The van der Waals surface area contributed by atoms with Gasteiger partial charge in [0.1, 0.15) is 11.9 Å². The van der Waals surface area contributed by atoms with E-state index in [0.29, 0.717) is 43.4 Å². The second-order valence-electron chi connectivity index (χ2n) is 7.45. The van der Waals surface area contributed by atoms with Gasteiger partial charge in [-0.3, -0.25) is 14.6 Å². The molecule has 1 aliphatic heterocycles. The largest absolute Gasteiger partial charge is 0.481 e. The summed E-state index contributed by atoms with van der Waals surface area (Å²) < 4.78 is 13.4. The van der Waals surface area contributed by atoms with Crippen LogP contribution >= 0.6 is 0 Å². The quantitative estimate of drug-likeness (QED) is 0.267. The first-order valence-electron chi connectivity index (χ1n) is 10.8. The first-order chi connectivity index (χ1) is 15.4. The molecule has 1 heterocycles. The second-order valence-corrected chi connectivity index (χ2v) is 7.45. The number of hydrogen-bond donors (Lipinski definition) is 2. The molecule has 0 spiro atoms. The number of nitrogens with one attached hydrogen (secondary N) is 1. The molecule has 0 bridgehead atoms. The van der Waals surface area contributed by atoms with Crippen LogP contribution in [0.1, 0.15) is 68.3 Å². The maximum Gasteiger partial charge on any atom is 0.303 e. The van der Waals surface area contributed by atoms with Gasteiger partial charge in [0.2, 0.25) is 0 Å². The van der Waals surface area contributed by atoms with Gasteiger partial charge in [0, 0.05) is 31.2 Å². The summed E-state index contributed by atoms with van der Waals surface area (Å²) in [7, 11) is 0. The van der Waals surface area contributed by atoms with Crippen LogP contribution in [0.25, 0.3) is 0 Å². The lowest BCUT2D eigenvalue weighted by Gasteiger charge is -2.08. The highest BCUT2D eigenvalue weighted by Crippen LogP contribution is 2.25. The van der Waals surface area contributed by atoms with Crippen LogP contribution in [0.3, 0.4) is 0 Å². The monoisotopic (exact) mass is 443 g/mol. The molecule has 2 rings (SSSR count). The SMILES string of the molecule is CC/C=C(F)\C=C/CNC(=O)c1ccc(C2=NOC(C)C2)cc1/N=C/CCCCC(=O)O. The fraction of sp³-hybridized carbons (Fsp3) is 0.417. The number of unbranched alkanes of at least 4 members (excludes halogenated alkanes) is 2. The Morgan fingerprint density at radius 1 is 1.38 bits per heavy atom. The average Bonchev–Trinajstić information content (AvgIpc) is 3.19. The molecule has 0 aromatic heterocycles. The minimum Gasteiger partial charge on any atom is -0.481 e. The zero-order valence-electron chi connectivity index (χ0n) is 18.5. The van der Waals surface area contributed by atoms with Gasteiger partial charge in [0.05, 0.1) is 17.0 Å². The van der Waals surface area contributed by atoms with Gasteiger partial charge in [-0.2, -0.15) is 0 Å². The fourth-order valence-electron chi connectivity index (χ4n) is 3.04. The summed E-state index contributed by atoms with van der Waals surface area (Å²) in [5, 5.41) is 15.5. The molecule has 0 fully saturated rings. The molecule has 32 heavy (non-hydrogen) atoms. The third-order valence-electron chi connectivity index (χ3n) is 4.66. The van der Waals surface area contributed by atoms with E-state index in [2.05, 4.69) is 15.5 Å². The Kier molecular flexibility index (Phi) is 10.3. The molecule has 1 amide bonds. The van der Waals surface area contributed by atoms with E-state index in [9.17, 15) is 14.0 Å². The highest BCUT2D eigenvalue weighted by Gasteiger charge is 2.20. The molecule has 1 aliphatic rings. The number of allylic oxidation sites excluding steroid dienone is 3. The minimum absolute atomic E-state index is 0.00287. The van der Waals surface area contributed by atoms with Crippen molar-refractivity contribution in [3.05, 3.63) is 53.4 Å². The van der Waals surface area contributed by atoms with Gasteiger partial charge in [-0.1, -0.05) is 24.2 Å². The molecule has 1 aromatic rings. The van der Waals surface area contributed by atoms with Crippen LogP contribution < -0.4 is 5.32 Å². The number of carboxylic acids is 1. The molecule has 0 radical (unpaired) electrons. The zero-order chi connectivity index (χ0) is 23.3. The number of aliphatic imine (C=N–C) groups is 1. The van der Waals surface area contributed by atoms with Crippen LogP contribution in [0.2, 0.25) is 0 Å². The van der Waals surface area contributed by atoms with E-state index in [1.807, 2.05) is 13.8 Å². The molecule has 0 saturated heterocycles. The minimum atomic E-state index is -0.818. The Balaban J connectivity index is 2.10. The van der Waals surface area contributed by atoms with E-state index in [-0.39, 0.29) is 30.8 Å². The predicted octanol–water partition coefficient (Wildman–Crippen LogP) is 5.10. The third kappa shape index (κ3) is 8.45. The van der Waals surface area contributed by atoms with Gasteiger partial charge < -0.3 is 15.3 Å². The maximum absolute atomic E-state index is 13.4. The fourth-order valence-corrected chi connectivity index (χ4v) is 3.04. The van der Waals surface area contributed by atoms with Crippen molar-refractivity contribution in [2.75, 3.05) is 6.54 Å². The van der Waals surface area contributed by atoms with Crippen LogP contribution in [0.4, 0.5) is 10.1 Å². The van der Waals surface area contributed by atoms with Gasteiger partial charge in [0.25, 0.3) is 5.91 Å². The Labute approximate surface area is 187 Å². The lowest BCUT2D eigenvalue weighted by molar-refractivity contribution is -0.137. The van der Waals surface area contributed by atoms with Gasteiger partial charge in [-0.25, -0.2) is 4.39 Å². The first-order valence-corrected chi connectivity index (χ1v) is 10.8. The smallest absolute Gasteiger partial charge is 0.303 e. The summed E-state index contributed by atoms with van der Waals surface area (Å²) in [5.41, 5.74) is 2.50. The number of carbonyl (C=O) groups excluding carboxylic acids is 1. The summed E-state index contributed by atoms with van der Waals surface area (Å²) in [5.74, 6) is -1.48. The van der Waals surface area contributed by atoms with Crippen LogP contribution in [0.15, 0.2) is 52.4 Å². The maximum atomic E-state index is 13.4. The molecule has 8 heteroatoms. The summed E-state index contributed by atoms with van der Waals surface area (Å²) in [6.45, 7) is 3.96. The van der Waals surface area contributed by atoms with Crippen molar-refractivity contribution in [3.8, 4) is 0 Å². The molecule has 0 aliphatic carbocycles. The first kappa shape index (κ1) is 25.0. The van der Waals surface area contributed by atoms with Gasteiger partial charge in [0.15, 0.2) is 0 Å². The second kappa shape index (κ2) is 13.2. The third-order valence-corrected chi connectivity index (χ3v) is 4.66. The molecule has 172 valence electrons.